The second-order valence-electron chi connectivity index (χ2n) is 6.51. The van der Waals surface area contributed by atoms with Crippen molar-refractivity contribution < 1.29 is 9.59 Å². The Labute approximate surface area is 158 Å². The van der Waals surface area contributed by atoms with E-state index in [2.05, 4.69) is 10.1 Å². The van der Waals surface area contributed by atoms with Gasteiger partial charge >= 0.3 is 0 Å². The van der Waals surface area contributed by atoms with Gasteiger partial charge in [0, 0.05) is 42.4 Å². The quantitative estimate of drug-likeness (QED) is 0.552. The summed E-state index contributed by atoms with van der Waals surface area (Å²) in [5.41, 5.74) is 0.783. The molecule has 0 saturated carbocycles. The summed E-state index contributed by atoms with van der Waals surface area (Å²) >= 11 is 1.59. The number of thioether (sulfide) groups is 1. The van der Waals surface area contributed by atoms with Gasteiger partial charge in [0.1, 0.15) is 12.7 Å². The molecule has 138 valence electrons. The van der Waals surface area contributed by atoms with Crippen molar-refractivity contribution in [1.82, 2.24) is 19.7 Å². The zero-order chi connectivity index (χ0) is 18.4. The molecular formula is C19H24N4O2S. The summed E-state index contributed by atoms with van der Waals surface area (Å²) in [6, 6.07) is 7.73. The maximum Gasteiger partial charge on any atom is 0.222 e. The minimum atomic E-state index is -0.101. The van der Waals surface area contributed by atoms with Crippen LogP contribution in [0.25, 0.3) is 0 Å². The van der Waals surface area contributed by atoms with E-state index in [4.69, 9.17) is 0 Å². The Morgan fingerprint density at radius 1 is 1.31 bits per heavy atom. The maximum atomic E-state index is 12.9. The van der Waals surface area contributed by atoms with Crippen molar-refractivity contribution in [3.8, 4) is 0 Å². The molecule has 0 N–H and O–H groups in total. The highest BCUT2D eigenvalue weighted by Gasteiger charge is 2.29. The highest BCUT2D eigenvalue weighted by atomic mass is 32.2. The molecule has 0 radical (unpaired) electrons. The topological polar surface area (TPSA) is 68.1 Å². The van der Waals surface area contributed by atoms with Crippen LogP contribution in [0.5, 0.6) is 0 Å². The Bertz CT molecular complexity index is 748. The molecule has 1 aromatic carbocycles. The monoisotopic (exact) mass is 372 g/mol. The lowest BCUT2D eigenvalue weighted by atomic mass is 9.89. The van der Waals surface area contributed by atoms with Gasteiger partial charge in [-0.05, 0) is 31.6 Å². The van der Waals surface area contributed by atoms with Crippen LogP contribution in [0.3, 0.4) is 0 Å². The zero-order valence-electron chi connectivity index (χ0n) is 15.0. The lowest BCUT2D eigenvalue weighted by Gasteiger charge is -2.32. The molecule has 2 aromatic rings. The van der Waals surface area contributed by atoms with Gasteiger partial charge in [0.15, 0.2) is 5.78 Å². The van der Waals surface area contributed by atoms with Gasteiger partial charge in [-0.25, -0.2) is 4.98 Å². The van der Waals surface area contributed by atoms with Crippen LogP contribution in [0.1, 0.15) is 36.0 Å². The van der Waals surface area contributed by atoms with Crippen molar-refractivity contribution >= 4 is 23.5 Å². The van der Waals surface area contributed by atoms with Gasteiger partial charge < -0.3 is 4.90 Å². The van der Waals surface area contributed by atoms with E-state index in [1.165, 1.54) is 6.33 Å². The summed E-state index contributed by atoms with van der Waals surface area (Å²) in [7, 11) is 0. The molecule has 7 heteroatoms. The second kappa shape index (κ2) is 8.98. The standard InChI is InChI=1S/C19H24N4O2S/c1-26-17-8-3-2-7-16(17)19(25)15-6-4-10-22(12-15)18(24)9-5-11-23-14-20-13-21-23/h2-3,7-8,13-15H,4-6,9-12H2,1H3. The summed E-state index contributed by atoms with van der Waals surface area (Å²) in [5.74, 6) is 0.187. The molecule has 1 aliphatic rings. The van der Waals surface area contributed by atoms with Crippen LogP contribution in [0.2, 0.25) is 0 Å². The molecule has 3 rings (SSSR count). The van der Waals surface area contributed by atoms with Gasteiger partial charge in [0.05, 0.1) is 0 Å². The van der Waals surface area contributed by atoms with Crippen LogP contribution in [-0.2, 0) is 11.3 Å². The van der Waals surface area contributed by atoms with Gasteiger partial charge in [-0.15, -0.1) is 11.8 Å². The summed E-state index contributed by atoms with van der Waals surface area (Å²) < 4.78 is 1.73. The SMILES string of the molecule is CSc1ccccc1C(=O)C1CCCN(C(=O)CCCn2cncn2)C1. The molecule has 1 saturated heterocycles. The predicted octanol–water partition coefficient (Wildman–Crippen LogP) is 2.90. The van der Waals surface area contributed by atoms with Crippen LogP contribution in [0, 0.1) is 5.92 Å². The number of likely N-dealkylation sites (tertiary alicyclic amines) is 1. The zero-order valence-corrected chi connectivity index (χ0v) is 15.8. The molecule has 0 bridgehead atoms. The Kier molecular flexibility index (Phi) is 6.44. The van der Waals surface area contributed by atoms with Crippen molar-refractivity contribution in [1.29, 1.82) is 0 Å². The number of aromatic nitrogens is 3. The van der Waals surface area contributed by atoms with Crippen molar-refractivity contribution in [3.63, 3.8) is 0 Å². The fourth-order valence-electron chi connectivity index (χ4n) is 3.38. The minimum absolute atomic E-state index is 0.101. The van der Waals surface area contributed by atoms with Gasteiger partial charge in [0.25, 0.3) is 0 Å². The van der Waals surface area contributed by atoms with Crippen molar-refractivity contribution in [2.75, 3.05) is 19.3 Å². The predicted molar refractivity (Wildman–Crippen MR) is 101 cm³/mol. The van der Waals surface area contributed by atoms with E-state index in [-0.39, 0.29) is 17.6 Å². The van der Waals surface area contributed by atoms with Gasteiger partial charge in [-0.3, -0.25) is 14.3 Å². The summed E-state index contributed by atoms with van der Waals surface area (Å²) in [6.45, 7) is 1.96. The van der Waals surface area contributed by atoms with Crippen LogP contribution in [0.4, 0.5) is 0 Å². The number of aryl methyl sites for hydroxylation is 1. The molecule has 0 spiro atoms. The largest absolute Gasteiger partial charge is 0.342 e. The Balaban J connectivity index is 1.56. The first-order valence-corrected chi connectivity index (χ1v) is 10.2. The van der Waals surface area contributed by atoms with E-state index in [1.54, 1.807) is 22.8 Å². The van der Waals surface area contributed by atoms with E-state index in [0.717, 1.165) is 36.3 Å². The molecule has 1 unspecified atom stereocenters. The number of ketones is 1. The first kappa shape index (κ1) is 18.6. The Morgan fingerprint density at radius 3 is 2.92 bits per heavy atom. The van der Waals surface area contributed by atoms with Gasteiger partial charge in [-0.1, -0.05) is 18.2 Å². The normalized spacial score (nSPS) is 17.3. The Hall–Kier alpha value is -2.15. The molecule has 1 aliphatic heterocycles. The lowest BCUT2D eigenvalue weighted by molar-refractivity contribution is -0.132. The fraction of sp³-hybridized carbons (Fsp3) is 0.474. The van der Waals surface area contributed by atoms with E-state index in [9.17, 15) is 9.59 Å². The van der Waals surface area contributed by atoms with Crippen molar-refractivity contribution in [3.05, 3.63) is 42.5 Å². The third-order valence-corrected chi connectivity index (χ3v) is 5.56. The van der Waals surface area contributed by atoms with Crippen LogP contribution in [0.15, 0.2) is 41.8 Å². The Morgan fingerprint density at radius 2 is 2.15 bits per heavy atom. The highest BCUT2D eigenvalue weighted by molar-refractivity contribution is 7.98. The van der Waals surface area contributed by atoms with E-state index >= 15 is 0 Å². The molecule has 1 atom stereocenters. The fourth-order valence-corrected chi connectivity index (χ4v) is 3.99. The number of carbonyl (C=O) groups excluding carboxylic acids is 2. The third kappa shape index (κ3) is 4.52. The number of piperidine rings is 1. The molecule has 1 fully saturated rings. The minimum Gasteiger partial charge on any atom is -0.342 e. The maximum absolute atomic E-state index is 12.9. The second-order valence-corrected chi connectivity index (χ2v) is 7.35. The average Bonchev–Trinajstić information content (AvgIpc) is 3.21. The van der Waals surface area contributed by atoms with Crippen LogP contribution < -0.4 is 0 Å². The first-order valence-electron chi connectivity index (χ1n) is 8.96. The number of carbonyl (C=O) groups is 2. The van der Waals surface area contributed by atoms with E-state index in [1.807, 2.05) is 35.4 Å². The number of amides is 1. The molecule has 2 heterocycles. The summed E-state index contributed by atoms with van der Waals surface area (Å²) in [4.78, 5) is 32.2. The third-order valence-electron chi connectivity index (χ3n) is 4.76. The molecule has 0 aliphatic carbocycles. The number of Topliss-reactive ketones (excluding diaryl/α,β-unsaturated/α-hetero) is 1. The highest BCUT2D eigenvalue weighted by Crippen LogP contribution is 2.27. The summed E-state index contributed by atoms with van der Waals surface area (Å²) in [5, 5.41) is 4.04. The molecule has 1 amide bonds. The van der Waals surface area contributed by atoms with Crippen LogP contribution in [-0.4, -0.2) is 50.7 Å². The number of nitrogens with zero attached hydrogens (tertiary/aromatic N) is 4. The first-order chi connectivity index (χ1) is 12.7. The van der Waals surface area contributed by atoms with E-state index in [0.29, 0.717) is 19.5 Å². The van der Waals surface area contributed by atoms with Crippen molar-refractivity contribution in [2.45, 2.75) is 37.1 Å². The molecule has 26 heavy (non-hydrogen) atoms. The molecule has 6 nitrogen and oxygen atoms in total. The number of hydrogen-bond acceptors (Lipinski definition) is 5. The number of benzene rings is 1. The average molecular weight is 372 g/mol. The van der Waals surface area contributed by atoms with Gasteiger partial charge in [0.2, 0.25) is 5.91 Å². The number of rotatable bonds is 7. The summed E-state index contributed by atoms with van der Waals surface area (Å²) in [6.07, 6.45) is 8.07. The molecule has 1 aromatic heterocycles. The molecular weight excluding hydrogens is 348 g/mol. The van der Waals surface area contributed by atoms with E-state index < -0.39 is 0 Å². The smallest absolute Gasteiger partial charge is 0.222 e. The van der Waals surface area contributed by atoms with Gasteiger partial charge in [-0.2, -0.15) is 5.10 Å². The van der Waals surface area contributed by atoms with Crippen LogP contribution >= 0.6 is 11.8 Å². The lowest BCUT2D eigenvalue weighted by Crippen LogP contribution is -2.42. The number of hydrogen-bond donors (Lipinski definition) is 0. The van der Waals surface area contributed by atoms with Crippen molar-refractivity contribution in [2.24, 2.45) is 5.92 Å².